The van der Waals surface area contributed by atoms with Crippen molar-refractivity contribution in [2.24, 2.45) is 0 Å². The van der Waals surface area contributed by atoms with Crippen LogP contribution < -0.4 is 0 Å². The van der Waals surface area contributed by atoms with Crippen LogP contribution in [0.5, 0.6) is 0 Å². The van der Waals surface area contributed by atoms with Crippen molar-refractivity contribution in [3.63, 3.8) is 0 Å². The van der Waals surface area contributed by atoms with Crippen LogP contribution in [0.15, 0.2) is 12.7 Å². The number of hydrogen-bond donors (Lipinski definition) is 18. The molecule has 38 nitrogen and oxygen atoms in total. The van der Waals surface area contributed by atoms with Crippen LogP contribution in [-0.4, -0.2) is 212 Å². The zero-order valence-corrected chi connectivity index (χ0v) is 37.0. The van der Waals surface area contributed by atoms with Gasteiger partial charge in [-0.1, -0.05) is 6.58 Å². The minimum atomic E-state index is -2.26. The molecule has 18 N–H and O–H groups in total. The molecule has 0 aliphatic heterocycles. The first-order valence-corrected chi connectivity index (χ1v) is 18.2. The molecule has 0 amide bonds. The van der Waals surface area contributed by atoms with Crippen LogP contribution in [0.4, 0.5) is 0 Å². The van der Waals surface area contributed by atoms with Crippen molar-refractivity contribution < 1.29 is 188 Å². The minimum absolute atomic E-state index is 0.394. The highest BCUT2D eigenvalue weighted by Crippen LogP contribution is 2.33. The molecule has 0 aromatic heterocycles. The number of hydrogen-bond acceptors (Lipinski definition) is 20. The van der Waals surface area contributed by atoms with Crippen molar-refractivity contribution in [1.82, 2.24) is 0 Å². The average Bonchev–Trinajstić information content (AvgIpc) is 3.30. The molecule has 0 radical (unpaired) electrons. The van der Waals surface area contributed by atoms with E-state index in [1.165, 1.54) is 7.11 Å². The van der Waals surface area contributed by atoms with E-state index in [1.807, 2.05) is 0 Å². The van der Waals surface area contributed by atoms with Gasteiger partial charge in [0.05, 0.1) is 107 Å². The van der Waals surface area contributed by atoms with Crippen molar-refractivity contribution in [2.45, 2.75) is 0 Å². The molecule has 0 atom stereocenters. The minimum Gasteiger partial charge on any atom is -0.478 e. The third-order valence-electron chi connectivity index (χ3n) is 8.72. The van der Waals surface area contributed by atoms with E-state index in [2.05, 4.69) is 11.3 Å². The highest BCUT2D eigenvalue weighted by molar-refractivity contribution is 6.26. The highest BCUT2D eigenvalue weighted by atomic mass is 16.5. The van der Waals surface area contributed by atoms with Crippen molar-refractivity contribution in [1.29, 1.82) is 0 Å². The lowest BCUT2D eigenvalue weighted by molar-refractivity contribution is -0.134. The zero-order chi connectivity index (χ0) is 61.8. The number of aromatic carboxylic acids is 18. The smallest absolute Gasteiger partial charge is 0.337 e. The second-order valence-electron chi connectivity index (χ2n) is 13.0. The summed E-state index contributed by atoms with van der Waals surface area (Å²) in [7, 11) is 1.31. The number of carboxylic acid groups (broad SMARTS) is 18. The third kappa shape index (κ3) is 13.4. The van der Waals surface area contributed by atoms with Crippen LogP contribution >= 0.6 is 0 Å². The zero-order valence-electron chi connectivity index (χ0n) is 37.0. The largest absolute Gasteiger partial charge is 0.478 e. The van der Waals surface area contributed by atoms with Crippen LogP contribution in [0, 0.1) is 0 Å². The maximum atomic E-state index is 11.2. The first kappa shape index (κ1) is 65.3. The highest BCUT2D eigenvalue weighted by Gasteiger charge is 2.43. The van der Waals surface area contributed by atoms with Crippen LogP contribution in [0.25, 0.3) is 0 Å². The number of rotatable bonds is 19. The SMILES string of the molecule is C=CC(=O)OC.O=C(O)c1c(C(=O)O)c(C(=O)O)c(C(=O)O)c(C(=O)O)c1C(=O)O.O=C(O)c1c(C(=O)O)c(C(=O)O)c(C(=O)O)c(C(=O)O)c1C(=O)O.O=C(O)c1c(C(=O)O)c(C(=O)O)c(C(=O)O)c(C(=O)O)c1C(=O)O. The van der Waals surface area contributed by atoms with Gasteiger partial charge in [0.15, 0.2) is 0 Å². The summed E-state index contributed by atoms with van der Waals surface area (Å²) in [6.45, 7) is 3.16. The third-order valence-corrected chi connectivity index (χ3v) is 8.72. The molecule has 0 aliphatic rings. The Morgan fingerprint density at radius 1 is 0.218 bits per heavy atom. The maximum absolute atomic E-state index is 11.2. The molecule has 0 unspecified atom stereocenters. The number of esters is 1. The Morgan fingerprint density at radius 2 is 0.282 bits per heavy atom. The van der Waals surface area contributed by atoms with Gasteiger partial charge in [-0.3, -0.25) is 0 Å². The molecule has 0 aliphatic carbocycles. The van der Waals surface area contributed by atoms with E-state index < -0.39 is 214 Å². The summed E-state index contributed by atoms with van der Waals surface area (Å²) in [5.41, 5.74) is -29.8. The fourth-order valence-electron chi connectivity index (χ4n) is 6.18. The van der Waals surface area contributed by atoms with E-state index in [0.29, 0.717) is 0 Å². The molecular weight excluding hydrogens is 1090 g/mol. The van der Waals surface area contributed by atoms with Gasteiger partial charge >= 0.3 is 113 Å². The lowest BCUT2D eigenvalue weighted by Gasteiger charge is -2.15. The van der Waals surface area contributed by atoms with Gasteiger partial charge in [0.1, 0.15) is 0 Å². The molecule has 0 fully saturated rings. The molecule has 3 aromatic carbocycles. The predicted octanol–water partition coefficient (Wildman–Crippen LogP) is -0.0272. The van der Waals surface area contributed by atoms with Crippen molar-refractivity contribution in [2.75, 3.05) is 7.11 Å². The summed E-state index contributed by atoms with van der Waals surface area (Å²) in [5, 5.41) is 162. The molecule has 0 spiro atoms. The number of benzene rings is 3. The number of carbonyl (C=O) groups excluding carboxylic acids is 1. The lowest BCUT2D eigenvalue weighted by atomic mass is 9.86. The first-order valence-electron chi connectivity index (χ1n) is 18.2. The van der Waals surface area contributed by atoms with Crippen LogP contribution in [-0.2, 0) is 9.53 Å². The van der Waals surface area contributed by atoms with E-state index in [4.69, 9.17) is 91.9 Å². The van der Waals surface area contributed by atoms with E-state index in [9.17, 15) is 91.1 Å². The van der Waals surface area contributed by atoms with Gasteiger partial charge in [0, 0.05) is 6.08 Å². The first-order chi connectivity index (χ1) is 35.6. The van der Waals surface area contributed by atoms with Gasteiger partial charge in [0.2, 0.25) is 0 Å². The molecule has 78 heavy (non-hydrogen) atoms. The van der Waals surface area contributed by atoms with E-state index >= 15 is 0 Å². The van der Waals surface area contributed by atoms with Gasteiger partial charge in [-0.05, 0) is 0 Å². The van der Waals surface area contributed by atoms with Gasteiger partial charge in [0.25, 0.3) is 0 Å². The van der Waals surface area contributed by atoms with Crippen molar-refractivity contribution in [3.8, 4) is 0 Å². The van der Waals surface area contributed by atoms with Crippen molar-refractivity contribution >= 4 is 113 Å². The Hall–Kier alpha value is -12.7. The lowest BCUT2D eigenvalue weighted by Crippen LogP contribution is -2.27. The predicted molar refractivity (Wildman–Crippen MR) is 227 cm³/mol. The molecule has 3 aromatic rings. The normalized spacial score (nSPS) is 9.76. The standard InChI is InChI=1S/3C12H6O12.C4H6O2/c3*13-7(14)1-2(8(15)16)4(10(19)20)6(12(23)24)5(11(21)22)3(1)9(17)18;1-3-4(5)6-2/h3*(H,13,14)(H,15,16)(H,17,18)(H,19,20)(H,21,22)(H,23,24);3H,1H2,2H3. The molecule has 38 heteroatoms. The second kappa shape index (κ2) is 25.6. The Kier molecular flexibility index (Phi) is 21.5. The quantitative estimate of drug-likeness (QED) is 0.0554. The van der Waals surface area contributed by atoms with E-state index in [1.54, 1.807) is 0 Å². The fraction of sp³-hybridized carbons (Fsp3) is 0.0250. The average molecular weight is 1110 g/mol. The molecule has 0 saturated heterocycles. The fourth-order valence-corrected chi connectivity index (χ4v) is 6.18. The van der Waals surface area contributed by atoms with Crippen LogP contribution in [0.1, 0.15) is 186 Å². The van der Waals surface area contributed by atoms with Gasteiger partial charge < -0.3 is 96.7 Å². The van der Waals surface area contributed by atoms with Crippen LogP contribution in [0.3, 0.4) is 0 Å². The monoisotopic (exact) mass is 1110 g/mol. The summed E-state index contributed by atoms with van der Waals surface area (Å²) >= 11 is 0. The van der Waals surface area contributed by atoms with E-state index in [0.717, 1.165) is 6.08 Å². The number of carboxylic acids is 18. The maximum Gasteiger partial charge on any atom is 0.337 e. The second-order valence-corrected chi connectivity index (χ2v) is 13.0. The Bertz CT molecular complexity index is 2410. The number of carbonyl (C=O) groups is 19. The molecule has 412 valence electrons. The summed E-state index contributed by atoms with van der Waals surface area (Å²) in [4.78, 5) is 212. The number of methoxy groups -OCH3 is 1. The Balaban J connectivity index is 0.00000108. The summed E-state index contributed by atoms with van der Waals surface area (Å²) < 4.78 is 4.14. The number of ether oxygens (including phenoxy) is 1. The van der Waals surface area contributed by atoms with Crippen molar-refractivity contribution in [3.05, 3.63) is 113 Å². The molecule has 0 heterocycles. The summed E-state index contributed by atoms with van der Waals surface area (Å²) in [6.07, 6.45) is 1.11. The summed E-state index contributed by atoms with van der Waals surface area (Å²) in [6, 6.07) is 0. The molecule has 0 saturated carbocycles. The molecule has 0 bridgehead atoms. The van der Waals surface area contributed by atoms with Crippen LogP contribution in [0.2, 0.25) is 0 Å². The molecular formula is C40H24O38. The summed E-state index contributed by atoms with van der Waals surface area (Å²) in [5.74, 6) is -41.0. The van der Waals surface area contributed by atoms with Gasteiger partial charge in [-0.2, -0.15) is 0 Å². The van der Waals surface area contributed by atoms with Gasteiger partial charge in [-0.25, -0.2) is 91.1 Å². The Labute approximate surface area is 420 Å². The van der Waals surface area contributed by atoms with Gasteiger partial charge in [-0.15, -0.1) is 0 Å². The van der Waals surface area contributed by atoms with E-state index in [-0.39, 0.29) is 0 Å². The molecule has 3 rings (SSSR count). The topological polar surface area (TPSA) is 698 Å². The Morgan fingerprint density at radius 3 is 0.295 bits per heavy atom.